The van der Waals surface area contributed by atoms with Crippen LogP contribution in [0.25, 0.3) is 10.8 Å². The Labute approximate surface area is 325 Å². The molecule has 14 nitrogen and oxygen atoms in total. The molecule has 5 rings (SSSR count). The minimum atomic E-state index is -5.17. The summed E-state index contributed by atoms with van der Waals surface area (Å²) in [6.07, 6.45) is 0. The molecule has 2 N–H and O–H groups in total. The van der Waals surface area contributed by atoms with Gasteiger partial charge in [0.1, 0.15) is 37.4 Å². The van der Waals surface area contributed by atoms with E-state index in [9.17, 15) is 35.8 Å². The van der Waals surface area contributed by atoms with Crippen molar-refractivity contribution in [2.24, 2.45) is 20.5 Å². The summed E-state index contributed by atoms with van der Waals surface area (Å²) < 4.78 is 75.5. The van der Waals surface area contributed by atoms with Crippen molar-refractivity contribution in [3.8, 4) is 11.5 Å². The van der Waals surface area contributed by atoms with Crippen LogP contribution in [0.4, 0.5) is 28.4 Å². The van der Waals surface area contributed by atoms with Gasteiger partial charge in [0, 0.05) is 22.7 Å². The van der Waals surface area contributed by atoms with E-state index in [-0.39, 0.29) is 87.0 Å². The van der Waals surface area contributed by atoms with Crippen molar-refractivity contribution in [3.05, 3.63) is 102 Å². The maximum atomic E-state index is 12.6. The van der Waals surface area contributed by atoms with Gasteiger partial charge in [-0.3, -0.25) is 4.79 Å². The Morgan fingerprint density at radius 3 is 2.04 bits per heavy atom. The van der Waals surface area contributed by atoms with Crippen LogP contribution in [0, 0.1) is 6.92 Å². The van der Waals surface area contributed by atoms with Crippen LogP contribution in [-0.2, 0) is 20.2 Å². The summed E-state index contributed by atoms with van der Waals surface area (Å²) in [6.45, 7) is 1.66. The summed E-state index contributed by atoms with van der Waals surface area (Å²) in [5, 5.41) is 30.2. The zero-order valence-electron chi connectivity index (χ0n) is 26.5. The fraction of sp³-hybridized carbons (Fsp3) is 0.0645. The first-order valence-corrected chi connectivity index (χ1v) is 16.3. The number of nitrogens with zero attached hydrogens (tertiary/aromatic N) is 4. The van der Waals surface area contributed by atoms with Crippen LogP contribution in [0.15, 0.2) is 121 Å². The molecular weight excluding hydrogens is 696 g/mol. The largest absolute Gasteiger partial charge is 1.00 e. The van der Waals surface area contributed by atoms with E-state index < -0.39 is 47.4 Å². The molecule has 0 atom stereocenters. The van der Waals surface area contributed by atoms with Crippen LogP contribution in [0.1, 0.15) is 15.9 Å². The summed E-state index contributed by atoms with van der Waals surface area (Å²) in [5.74, 6) is -0.912. The fourth-order valence-electron chi connectivity index (χ4n) is 4.42. The van der Waals surface area contributed by atoms with Gasteiger partial charge >= 0.3 is 59.1 Å². The quantitative estimate of drug-likeness (QED) is 0.125. The SMILES string of the molecule is COc1cc(N=Nc2ccc(S(=O)(=O)[O-])cc2)c(C)cc1N=Nc1c(S(=O)(=O)[O-])cc2cc(NC(=O)c3ccccc3)ccc2c1O.[Na+].[Na+]. The van der Waals surface area contributed by atoms with Gasteiger partial charge in [-0.15, -0.1) is 10.2 Å². The molecule has 0 aliphatic heterocycles. The van der Waals surface area contributed by atoms with Gasteiger partial charge in [0.05, 0.1) is 28.3 Å². The molecule has 0 heterocycles. The van der Waals surface area contributed by atoms with E-state index in [1.165, 1.54) is 49.6 Å². The van der Waals surface area contributed by atoms with E-state index in [1.807, 2.05) is 0 Å². The maximum Gasteiger partial charge on any atom is 1.00 e. The van der Waals surface area contributed by atoms with Gasteiger partial charge in [-0.2, -0.15) is 10.2 Å². The van der Waals surface area contributed by atoms with Crippen molar-refractivity contribution in [3.63, 3.8) is 0 Å². The van der Waals surface area contributed by atoms with E-state index in [4.69, 9.17) is 4.74 Å². The number of anilines is 1. The molecule has 0 radical (unpaired) electrons. The Balaban J connectivity index is 0.00000325. The Kier molecular flexibility index (Phi) is 13.4. The number of aryl methyl sites for hydroxylation is 1. The molecule has 0 saturated carbocycles. The summed E-state index contributed by atoms with van der Waals surface area (Å²) in [5.41, 5.74) is 1.30. The summed E-state index contributed by atoms with van der Waals surface area (Å²) in [7, 11) is -8.44. The Morgan fingerprint density at radius 1 is 0.776 bits per heavy atom. The number of carbonyl (C=O) groups excluding carboxylic acids is 1. The first kappa shape index (κ1) is 39.9. The average Bonchev–Trinajstić information content (AvgIpc) is 3.03. The first-order chi connectivity index (χ1) is 22.2. The van der Waals surface area contributed by atoms with Crippen molar-refractivity contribution in [1.29, 1.82) is 0 Å². The topological polar surface area (TPSA) is 222 Å². The van der Waals surface area contributed by atoms with Crippen molar-refractivity contribution in [2.45, 2.75) is 16.7 Å². The number of rotatable bonds is 9. The zero-order valence-corrected chi connectivity index (χ0v) is 32.1. The number of phenols is 1. The van der Waals surface area contributed by atoms with Crippen molar-refractivity contribution >= 4 is 65.4 Å². The number of fused-ring (bicyclic) bond motifs is 1. The number of ether oxygens (including phenoxy) is 1. The van der Waals surface area contributed by atoms with Crippen molar-refractivity contribution < 1.29 is 99.7 Å². The number of hydrogen-bond donors (Lipinski definition) is 2. The molecule has 0 spiro atoms. The molecule has 240 valence electrons. The molecule has 0 saturated heterocycles. The number of amides is 1. The van der Waals surface area contributed by atoms with Gasteiger partial charge < -0.3 is 24.3 Å². The number of methoxy groups -OCH3 is 1. The third-order valence-electron chi connectivity index (χ3n) is 6.77. The molecule has 0 aromatic heterocycles. The minimum Gasteiger partial charge on any atom is -0.744 e. The molecule has 0 unspecified atom stereocenters. The second-order valence-corrected chi connectivity index (χ2v) is 12.7. The van der Waals surface area contributed by atoms with Crippen molar-refractivity contribution in [2.75, 3.05) is 12.4 Å². The summed E-state index contributed by atoms with van der Waals surface area (Å²) >= 11 is 0. The third kappa shape index (κ3) is 9.58. The van der Waals surface area contributed by atoms with Gasteiger partial charge in [-0.25, -0.2) is 16.8 Å². The number of azo groups is 2. The number of aromatic hydroxyl groups is 1. The molecule has 0 fully saturated rings. The third-order valence-corrected chi connectivity index (χ3v) is 8.47. The van der Waals surface area contributed by atoms with E-state index in [0.29, 0.717) is 22.5 Å². The number of hydrogen-bond acceptors (Lipinski definition) is 13. The standard InChI is InChI=1S/C31H25N5O9S2.2Na/c1-18-14-26(27(45-2)17-25(18)34-33-21-8-11-23(12-9-21)46(39,40)41)35-36-29-28(47(42,43)44)16-20-15-22(10-13-24(20)30(29)37)32-31(38)19-6-4-3-5-7-19;;/h3-17,37H,1-2H3,(H,32,38)(H,39,40,41)(H,42,43,44);;/q;2*+1/p-2. The zero-order chi connectivity index (χ0) is 33.9. The number of benzene rings is 5. The molecular formula is C31H23N5Na2O9S2. The van der Waals surface area contributed by atoms with Crippen LogP contribution in [-0.4, -0.2) is 44.1 Å². The van der Waals surface area contributed by atoms with E-state index >= 15 is 0 Å². The Hall–Kier alpha value is -3.55. The van der Waals surface area contributed by atoms with Crippen LogP contribution >= 0.6 is 0 Å². The van der Waals surface area contributed by atoms with Crippen LogP contribution < -0.4 is 69.2 Å². The summed E-state index contributed by atoms with van der Waals surface area (Å²) in [6, 6.07) is 21.5. The number of phenolic OH excluding ortho intramolecular Hbond substituents is 1. The summed E-state index contributed by atoms with van der Waals surface area (Å²) in [4.78, 5) is 11.3. The molecule has 49 heavy (non-hydrogen) atoms. The number of carbonyl (C=O) groups is 1. The van der Waals surface area contributed by atoms with E-state index in [0.717, 1.165) is 18.2 Å². The normalized spacial score (nSPS) is 11.7. The van der Waals surface area contributed by atoms with Gasteiger partial charge in [-0.1, -0.05) is 18.2 Å². The fourth-order valence-corrected chi connectivity index (χ4v) is 5.53. The smallest absolute Gasteiger partial charge is 0.744 e. The molecule has 0 aliphatic carbocycles. The van der Waals surface area contributed by atoms with Crippen LogP contribution in [0.2, 0.25) is 0 Å². The Morgan fingerprint density at radius 2 is 1.43 bits per heavy atom. The first-order valence-electron chi connectivity index (χ1n) is 13.4. The minimum absolute atomic E-state index is 0. The Bertz CT molecular complexity index is 2300. The van der Waals surface area contributed by atoms with E-state index in [1.54, 1.807) is 37.3 Å². The molecule has 0 aliphatic rings. The number of nitrogens with one attached hydrogen (secondary N) is 1. The monoisotopic (exact) mass is 719 g/mol. The van der Waals surface area contributed by atoms with E-state index in [2.05, 4.69) is 25.8 Å². The van der Waals surface area contributed by atoms with Gasteiger partial charge in [0.2, 0.25) is 0 Å². The second-order valence-electron chi connectivity index (χ2n) is 9.94. The molecule has 1 amide bonds. The van der Waals surface area contributed by atoms with Gasteiger partial charge in [-0.05, 0) is 84.6 Å². The second kappa shape index (κ2) is 16.4. The molecule has 5 aromatic rings. The molecule has 18 heteroatoms. The molecule has 5 aromatic carbocycles. The molecule has 0 bridgehead atoms. The van der Waals surface area contributed by atoms with Crippen LogP contribution in [0.3, 0.4) is 0 Å². The average molecular weight is 720 g/mol. The maximum absolute atomic E-state index is 12.6. The predicted molar refractivity (Wildman–Crippen MR) is 168 cm³/mol. The van der Waals surface area contributed by atoms with Gasteiger partial charge in [0.25, 0.3) is 5.91 Å². The predicted octanol–water partition coefficient (Wildman–Crippen LogP) is 0.762. The van der Waals surface area contributed by atoms with Crippen molar-refractivity contribution in [1.82, 2.24) is 0 Å². The van der Waals surface area contributed by atoms with Crippen LogP contribution in [0.5, 0.6) is 11.5 Å². The van der Waals surface area contributed by atoms with Gasteiger partial charge in [0.15, 0.2) is 5.75 Å².